The summed E-state index contributed by atoms with van der Waals surface area (Å²) in [6.45, 7) is 3.42. The number of nitrogens with one attached hydrogen (secondary N) is 1. The van der Waals surface area contributed by atoms with Gasteiger partial charge in [-0.1, -0.05) is 0 Å². The number of pyridine rings is 1. The fourth-order valence-corrected chi connectivity index (χ4v) is 1.65. The molecular formula is C12H13F3N4O. The molecule has 5 nitrogen and oxygen atoms in total. The van der Waals surface area contributed by atoms with Gasteiger partial charge in [0.2, 0.25) is 5.89 Å². The van der Waals surface area contributed by atoms with E-state index < -0.39 is 17.8 Å². The molecule has 0 saturated heterocycles. The van der Waals surface area contributed by atoms with E-state index in [0.29, 0.717) is 11.7 Å². The smallest absolute Gasteiger partial charge is 0.416 e. The summed E-state index contributed by atoms with van der Waals surface area (Å²) in [4.78, 5) is 7.81. The van der Waals surface area contributed by atoms with Crippen molar-refractivity contribution in [3.63, 3.8) is 0 Å². The van der Waals surface area contributed by atoms with Crippen molar-refractivity contribution in [3.05, 3.63) is 35.5 Å². The predicted octanol–water partition coefficient (Wildman–Crippen LogP) is 3.15. The van der Waals surface area contributed by atoms with Gasteiger partial charge in [0.1, 0.15) is 23.4 Å². The molecule has 1 atom stereocenters. The highest BCUT2D eigenvalue weighted by molar-refractivity contribution is 5.48. The van der Waals surface area contributed by atoms with Crippen LogP contribution in [0.2, 0.25) is 0 Å². The monoisotopic (exact) mass is 286 g/mol. The molecule has 1 unspecified atom stereocenters. The molecule has 0 amide bonds. The van der Waals surface area contributed by atoms with Crippen molar-refractivity contribution in [2.45, 2.75) is 26.1 Å². The van der Waals surface area contributed by atoms with Crippen LogP contribution in [0.15, 0.2) is 22.7 Å². The molecule has 0 aliphatic heterocycles. The third-order valence-electron chi connectivity index (χ3n) is 2.55. The van der Waals surface area contributed by atoms with Crippen molar-refractivity contribution in [3.8, 4) is 0 Å². The summed E-state index contributed by atoms with van der Waals surface area (Å²) in [5, 5.41) is 2.78. The molecule has 3 N–H and O–H groups in total. The van der Waals surface area contributed by atoms with E-state index in [1.54, 1.807) is 13.8 Å². The summed E-state index contributed by atoms with van der Waals surface area (Å²) in [6.07, 6.45) is -2.95. The second kappa shape index (κ2) is 5.03. The Labute approximate surface area is 113 Å². The second-order valence-electron chi connectivity index (χ2n) is 4.34. The van der Waals surface area contributed by atoms with Gasteiger partial charge in [0, 0.05) is 0 Å². The van der Waals surface area contributed by atoms with Gasteiger partial charge in [0.25, 0.3) is 0 Å². The highest BCUT2D eigenvalue weighted by atomic mass is 19.4. The number of hydrogen-bond donors (Lipinski definition) is 2. The number of aromatic nitrogens is 2. The van der Waals surface area contributed by atoms with Gasteiger partial charge in [0.05, 0.1) is 11.8 Å². The first-order valence-electron chi connectivity index (χ1n) is 5.79. The Kier molecular flexibility index (Phi) is 3.56. The Balaban J connectivity index is 2.23. The summed E-state index contributed by atoms with van der Waals surface area (Å²) >= 11 is 0. The third kappa shape index (κ3) is 3.19. The summed E-state index contributed by atoms with van der Waals surface area (Å²) in [5.74, 6) is 0.782. The van der Waals surface area contributed by atoms with Gasteiger partial charge in [-0.05, 0) is 26.0 Å². The Bertz CT molecular complexity index is 609. The van der Waals surface area contributed by atoms with Gasteiger partial charge in [-0.15, -0.1) is 0 Å². The molecule has 2 heterocycles. The van der Waals surface area contributed by atoms with Crippen molar-refractivity contribution in [2.24, 2.45) is 0 Å². The average Bonchev–Trinajstić information content (AvgIpc) is 2.74. The van der Waals surface area contributed by atoms with Gasteiger partial charge in [0.15, 0.2) is 0 Å². The zero-order valence-electron chi connectivity index (χ0n) is 10.8. The van der Waals surface area contributed by atoms with E-state index in [1.165, 1.54) is 6.20 Å². The van der Waals surface area contributed by atoms with E-state index in [4.69, 9.17) is 10.2 Å². The molecule has 0 saturated carbocycles. The lowest BCUT2D eigenvalue weighted by atomic mass is 10.2. The molecule has 0 bridgehead atoms. The van der Waals surface area contributed by atoms with E-state index >= 15 is 0 Å². The topological polar surface area (TPSA) is 77.0 Å². The Morgan fingerprint density at radius 2 is 2.05 bits per heavy atom. The highest BCUT2D eigenvalue weighted by Crippen LogP contribution is 2.32. The van der Waals surface area contributed by atoms with Crippen LogP contribution in [0.4, 0.5) is 24.8 Å². The van der Waals surface area contributed by atoms with Crippen LogP contribution >= 0.6 is 0 Å². The van der Waals surface area contributed by atoms with Crippen LogP contribution in [0.25, 0.3) is 0 Å². The van der Waals surface area contributed by atoms with Crippen molar-refractivity contribution >= 4 is 11.6 Å². The number of anilines is 2. The predicted molar refractivity (Wildman–Crippen MR) is 66.9 cm³/mol. The maximum Gasteiger partial charge on any atom is 0.416 e. The average molecular weight is 286 g/mol. The number of rotatable bonds is 3. The molecule has 0 aliphatic carbocycles. The third-order valence-corrected chi connectivity index (χ3v) is 2.55. The molecule has 2 aromatic rings. The van der Waals surface area contributed by atoms with Crippen molar-refractivity contribution < 1.29 is 17.6 Å². The lowest BCUT2D eigenvalue weighted by Gasteiger charge is -2.14. The molecule has 2 aromatic heterocycles. The largest absolute Gasteiger partial charge is 0.444 e. The molecule has 0 fully saturated rings. The van der Waals surface area contributed by atoms with Gasteiger partial charge < -0.3 is 15.5 Å². The van der Waals surface area contributed by atoms with Crippen molar-refractivity contribution in [2.75, 3.05) is 11.1 Å². The van der Waals surface area contributed by atoms with Crippen LogP contribution in [0, 0.1) is 6.92 Å². The van der Waals surface area contributed by atoms with E-state index in [-0.39, 0.29) is 11.6 Å². The minimum Gasteiger partial charge on any atom is -0.444 e. The number of aryl methyl sites for hydroxylation is 1. The van der Waals surface area contributed by atoms with Crippen LogP contribution in [-0.2, 0) is 6.18 Å². The molecule has 0 aromatic carbocycles. The number of nitrogens with two attached hydrogens (primary N) is 1. The molecule has 0 spiro atoms. The van der Waals surface area contributed by atoms with Crippen LogP contribution in [0.3, 0.4) is 0 Å². The van der Waals surface area contributed by atoms with E-state index in [9.17, 15) is 13.2 Å². The SMILES string of the molecule is Cc1cnc(C(C)Nc2cc(C(F)(F)F)cc(N)n2)o1. The zero-order chi connectivity index (χ0) is 14.9. The maximum atomic E-state index is 12.7. The molecular weight excluding hydrogens is 273 g/mol. The number of oxazole rings is 1. The first-order valence-corrected chi connectivity index (χ1v) is 5.79. The zero-order valence-corrected chi connectivity index (χ0v) is 10.8. The summed E-state index contributed by atoms with van der Waals surface area (Å²) < 4.78 is 43.3. The number of halogens is 3. The van der Waals surface area contributed by atoms with Crippen LogP contribution in [0.1, 0.15) is 30.2 Å². The summed E-state index contributed by atoms with van der Waals surface area (Å²) in [6, 6.07) is 1.24. The molecule has 108 valence electrons. The molecule has 0 aliphatic rings. The van der Waals surface area contributed by atoms with Gasteiger partial charge in [-0.25, -0.2) is 9.97 Å². The fourth-order valence-electron chi connectivity index (χ4n) is 1.65. The van der Waals surface area contributed by atoms with E-state index in [2.05, 4.69) is 15.3 Å². The van der Waals surface area contributed by atoms with Gasteiger partial charge in [-0.3, -0.25) is 0 Å². The first-order chi connectivity index (χ1) is 9.25. The summed E-state index contributed by atoms with van der Waals surface area (Å²) in [5.41, 5.74) is 4.53. The number of hydrogen-bond acceptors (Lipinski definition) is 5. The molecule has 20 heavy (non-hydrogen) atoms. The van der Waals surface area contributed by atoms with E-state index in [1.807, 2.05) is 0 Å². The standard InChI is InChI=1S/C12H13F3N4O/c1-6-5-17-11(20-6)7(2)18-10-4-8(12(13,14)15)3-9(16)19-10/h3-5,7H,1-2H3,(H3,16,18,19). The highest BCUT2D eigenvalue weighted by Gasteiger charge is 2.31. The minimum atomic E-state index is -4.48. The first kappa shape index (κ1) is 14.2. The molecule has 0 radical (unpaired) electrons. The second-order valence-corrected chi connectivity index (χ2v) is 4.34. The lowest BCUT2D eigenvalue weighted by Crippen LogP contribution is -2.12. The minimum absolute atomic E-state index is 0.0145. The van der Waals surface area contributed by atoms with Gasteiger partial charge >= 0.3 is 6.18 Å². The van der Waals surface area contributed by atoms with Crippen molar-refractivity contribution in [1.29, 1.82) is 0 Å². The van der Waals surface area contributed by atoms with Crippen LogP contribution < -0.4 is 11.1 Å². The number of alkyl halides is 3. The van der Waals surface area contributed by atoms with Gasteiger partial charge in [-0.2, -0.15) is 13.2 Å². The summed E-state index contributed by atoms with van der Waals surface area (Å²) in [7, 11) is 0. The lowest BCUT2D eigenvalue weighted by molar-refractivity contribution is -0.137. The fraction of sp³-hybridized carbons (Fsp3) is 0.333. The maximum absolute atomic E-state index is 12.7. The molecule has 8 heteroatoms. The molecule has 2 rings (SSSR count). The Morgan fingerprint density at radius 3 is 2.60 bits per heavy atom. The van der Waals surface area contributed by atoms with Crippen LogP contribution in [-0.4, -0.2) is 9.97 Å². The normalized spacial score (nSPS) is 13.2. The van der Waals surface area contributed by atoms with Crippen LogP contribution in [0.5, 0.6) is 0 Å². The Hall–Kier alpha value is -2.25. The Morgan fingerprint density at radius 1 is 1.35 bits per heavy atom. The number of nitrogen functional groups attached to an aromatic ring is 1. The number of nitrogens with zero attached hydrogens (tertiary/aromatic N) is 2. The quantitative estimate of drug-likeness (QED) is 0.906. The van der Waals surface area contributed by atoms with Crippen molar-refractivity contribution in [1.82, 2.24) is 9.97 Å². The van der Waals surface area contributed by atoms with E-state index in [0.717, 1.165) is 12.1 Å².